The lowest BCUT2D eigenvalue weighted by Gasteiger charge is -2.29. The van der Waals surface area contributed by atoms with Crippen molar-refractivity contribution in [3.05, 3.63) is 58.7 Å². The van der Waals surface area contributed by atoms with Crippen molar-refractivity contribution >= 4 is 0 Å². The van der Waals surface area contributed by atoms with Gasteiger partial charge in [-0.15, -0.1) is 0 Å². The van der Waals surface area contributed by atoms with Gasteiger partial charge in [-0.1, -0.05) is 17.7 Å². The summed E-state index contributed by atoms with van der Waals surface area (Å²) in [6, 6.07) is 8.81. The molecule has 24 heavy (non-hydrogen) atoms. The molecule has 2 atom stereocenters. The minimum atomic E-state index is -0.142. The SMILES string of the molecule is CC(C)=CCc1c(O)ccc2c1OC[C@@H]1c3ccc(O)cc3O[C@@H]21. The Morgan fingerprint density at radius 1 is 1.17 bits per heavy atom. The Balaban J connectivity index is 1.76. The topological polar surface area (TPSA) is 58.9 Å². The lowest BCUT2D eigenvalue weighted by molar-refractivity contribution is 0.138. The smallest absolute Gasteiger partial charge is 0.138 e. The molecule has 0 fully saturated rings. The molecule has 4 nitrogen and oxygen atoms in total. The summed E-state index contributed by atoms with van der Waals surface area (Å²) in [6.07, 6.45) is 2.56. The maximum absolute atomic E-state index is 10.2. The maximum atomic E-state index is 10.2. The number of aromatic hydroxyl groups is 2. The summed E-state index contributed by atoms with van der Waals surface area (Å²) in [4.78, 5) is 0. The van der Waals surface area contributed by atoms with Gasteiger partial charge in [-0.3, -0.25) is 0 Å². The van der Waals surface area contributed by atoms with Crippen molar-refractivity contribution in [3.8, 4) is 23.0 Å². The van der Waals surface area contributed by atoms with Crippen LogP contribution in [0.25, 0.3) is 0 Å². The van der Waals surface area contributed by atoms with Crippen LogP contribution < -0.4 is 9.47 Å². The summed E-state index contributed by atoms with van der Waals surface area (Å²) < 4.78 is 12.1. The van der Waals surface area contributed by atoms with Crippen LogP contribution in [0.1, 0.15) is 42.6 Å². The molecular weight excluding hydrogens is 304 g/mol. The molecule has 0 aliphatic carbocycles. The van der Waals surface area contributed by atoms with E-state index in [0.29, 0.717) is 18.8 Å². The van der Waals surface area contributed by atoms with Crippen molar-refractivity contribution in [2.75, 3.05) is 6.61 Å². The van der Waals surface area contributed by atoms with Gasteiger partial charge in [0.2, 0.25) is 0 Å². The number of ether oxygens (including phenoxy) is 2. The van der Waals surface area contributed by atoms with E-state index in [4.69, 9.17) is 9.47 Å². The molecule has 2 aromatic carbocycles. The average molecular weight is 324 g/mol. The zero-order chi connectivity index (χ0) is 16.8. The van der Waals surface area contributed by atoms with Gasteiger partial charge in [0.1, 0.15) is 29.1 Å². The molecule has 0 spiro atoms. The van der Waals surface area contributed by atoms with E-state index in [2.05, 4.69) is 6.08 Å². The molecule has 0 amide bonds. The molecule has 0 radical (unpaired) electrons. The third kappa shape index (κ3) is 2.30. The van der Waals surface area contributed by atoms with Crippen LogP contribution in [-0.4, -0.2) is 16.8 Å². The molecule has 4 rings (SSSR count). The molecule has 2 N–H and O–H groups in total. The summed E-state index contributed by atoms with van der Waals surface area (Å²) in [5.74, 6) is 1.99. The van der Waals surface area contributed by atoms with Gasteiger partial charge in [0.25, 0.3) is 0 Å². The lowest BCUT2D eigenvalue weighted by Crippen LogP contribution is -2.24. The molecule has 0 saturated heterocycles. The average Bonchev–Trinajstić information content (AvgIpc) is 2.91. The van der Waals surface area contributed by atoms with Gasteiger partial charge in [-0.05, 0) is 38.5 Å². The Bertz CT molecular complexity index is 834. The highest BCUT2D eigenvalue weighted by molar-refractivity contribution is 5.56. The molecular formula is C20H20O4. The van der Waals surface area contributed by atoms with Crippen LogP contribution in [0.2, 0.25) is 0 Å². The number of allylic oxidation sites excluding steroid dienone is 2. The Hall–Kier alpha value is -2.62. The quantitative estimate of drug-likeness (QED) is 0.812. The predicted molar refractivity (Wildman–Crippen MR) is 91.0 cm³/mol. The van der Waals surface area contributed by atoms with Crippen molar-refractivity contribution in [3.63, 3.8) is 0 Å². The van der Waals surface area contributed by atoms with E-state index in [1.165, 1.54) is 5.57 Å². The summed E-state index contributed by atoms with van der Waals surface area (Å²) >= 11 is 0. The van der Waals surface area contributed by atoms with E-state index in [9.17, 15) is 10.2 Å². The summed E-state index contributed by atoms with van der Waals surface area (Å²) in [7, 11) is 0. The second-order valence-corrected chi connectivity index (χ2v) is 6.65. The van der Waals surface area contributed by atoms with Gasteiger partial charge in [0.15, 0.2) is 0 Å². The Kier molecular flexibility index (Phi) is 3.41. The van der Waals surface area contributed by atoms with Gasteiger partial charge >= 0.3 is 0 Å². The first-order valence-electron chi connectivity index (χ1n) is 8.15. The Morgan fingerprint density at radius 3 is 2.75 bits per heavy atom. The molecule has 0 unspecified atom stereocenters. The third-order valence-corrected chi connectivity index (χ3v) is 4.71. The highest BCUT2D eigenvalue weighted by Gasteiger charge is 2.41. The minimum absolute atomic E-state index is 0.106. The molecule has 0 bridgehead atoms. The highest BCUT2D eigenvalue weighted by atomic mass is 16.5. The molecule has 4 heteroatoms. The van der Waals surface area contributed by atoms with Crippen LogP contribution in [0.3, 0.4) is 0 Å². The number of phenolic OH excluding ortho intramolecular Hbond substituents is 2. The fourth-order valence-electron chi connectivity index (χ4n) is 3.48. The van der Waals surface area contributed by atoms with E-state index in [1.807, 2.05) is 26.0 Å². The minimum Gasteiger partial charge on any atom is -0.508 e. The van der Waals surface area contributed by atoms with Crippen molar-refractivity contribution in [1.82, 2.24) is 0 Å². The second kappa shape index (κ2) is 5.48. The molecule has 2 aromatic rings. The normalized spacial score (nSPS) is 20.2. The number of rotatable bonds is 2. The first kappa shape index (κ1) is 14.9. The van der Waals surface area contributed by atoms with Crippen LogP contribution in [0.4, 0.5) is 0 Å². The summed E-state index contributed by atoms with van der Waals surface area (Å²) in [5.41, 5.74) is 4.01. The van der Waals surface area contributed by atoms with Crippen molar-refractivity contribution in [2.24, 2.45) is 0 Å². The Labute approximate surface area is 141 Å². The highest BCUT2D eigenvalue weighted by Crippen LogP contribution is 2.53. The molecule has 2 aliphatic heterocycles. The number of benzene rings is 2. The standard InChI is InChI=1S/C20H20O4/c1-11(2)3-5-14-17(22)8-7-15-19(14)23-10-16-13-6-4-12(21)9-18(13)24-20(15)16/h3-4,6-9,16,20-22H,5,10H2,1-2H3/t16-,20+/m1/s1. The first-order valence-corrected chi connectivity index (χ1v) is 8.15. The van der Waals surface area contributed by atoms with Crippen LogP contribution in [0.15, 0.2) is 42.0 Å². The van der Waals surface area contributed by atoms with Gasteiger partial charge < -0.3 is 19.7 Å². The van der Waals surface area contributed by atoms with Crippen LogP contribution in [-0.2, 0) is 6.42 Å². The second-order valence-electron chi connectivity index (χ2n) is 6.65. The summed E-state index contributed by atoms with van der Waals surface area (Å²) in [6.45, 7) is 4.57. The fraction of sp³-hybridized carbons (Fsp3) is 0.300. The van der Waals surface area contributed by atoms with E-state index >= 15 is 0 Å². The van der Waals surface area contributed by atoms with E-state index in [1.54, 1.807) is 18.2 Å². The van der Waals surface area contributed by atoms with E-state index in [-0.39, 0.29) is 23.5 Å². The van der Waals surface area contributed by atoms with E-state index in [0.717, 1.165) is 22.4 Å². The molecule has 0 aromatic heterocycles. The number of hydrogen-bond donors (Lipinski definition) is 2. The molecule has 124 valence electrons. The van der Waals surface area contributed by atoms with Crippen LogP contribution >= 0.6 is 0 Å². The Morgan fingerprint density at radius 2 is 1.96 bits per heavy atom. The van der Waals surface area contributed by atoms with Crippen molar-refractivity contribution in [1.29, 1.82) is 0 Å². The number of hydrogen-bond acceptors (Lipinski definition) is 4. The number of phenols is 2. The van der Waals surface area contributed by atoms with Gasteiger partial charge in [0, 0.05) is 22.8 Å². The zero-order valence-corrected chi connectivity index (χ0v) is 13.7. The molecule has 2 heterocycles. The van der Waals surface area contributed by atoms with Gasteiger partial charge in [-0.25, -0.2) is 0 Å². The molecule has 2 aliphatic rings. The zero-order valence-electron chi connectivity index (χ0n) is 13.7. The largest absolute Gasteiger partial charge is 0.508 e. The lowest BCUT2D eigenvalue weighted by atomic mass is 9.87. The van der Waals surface area contributed by atoms with Gasteiger partial charge in [0.05, 0.1) is 12.5 Å². The van der Waals surface area contributed by atoms with E-state index < -0.39 is 0 Å². The van der Waals surface area contributed by atoms with Gasteiger partial charge in [-0.2, -0.15) is 0 Å². The number of fused-ring (bicyclic) bond motifs is 5. The maximum Gasteiger partial charge on any atom is 0.138 e. The summed E-state index contributed by atoms with van der Waals surface area (Å²) in [5, 5.41) is 19.9. The predicted octanol–water partition coefficient (Wildman–Crippen LogP) is 4.22. The van der Waals surface area contributed by atoms with Crippen molar-refractivity contribution < 1.29 is 19.7 Å². The fourth-order valence-corrected chi connectivity index (χ4v) is 3.48. The van der Waals surface area contributed by atoms with Crippen LogP contribution in [0, 0.1) is 0 Å². The van der Waals surface area contributed by atoms with Crippen LogP contribution in [0.5, 0.6) is 23.0 Å². The first-order chi connectivity index (χ1) is 11.5. The third-order valence-electron chi connectivity index (χ3n) is 4.71. The molecule has 0 saturated carbocycles. The van der Waals surface area contributed by atoms with Crippen molar-refractivity contribution in [2.45, 2.75) is 32.3 Å². The monoisotopic (exact) mass is 324 g/mol.